The summed E-state index contributed by atoms with van der Waals surface area (Å²) < 4.78 is 31.4. The molecule has 0 aliphatic carbocycles. The molecule has 0 aliphatic heterocycles. The van der Waals surface area contributed by atoms with Crippen LogP contribution >= 0.6 is 0 Å². The minimum atomic E-state index is -1.32. The molecule has 12 nitrogen and oxygen atoms in total. The minimum absolute atomic E-state index is 0. The van der Waals surface area contributed by atoms with Crippen LogP contribution in [0.25, 0.3) is 0 Å². The molecule has 32 heavy (non-hydrogen) atoms. The molecule has 2 aromatic heterocycles. The second kappa shape index (κ2) is 11.3. The first-order valence-corrected chi connectivity index (χ1v) is 8.63. The summed E-state index contributed by atoms with van der Waals surface area (Å²) in [6.07, 6.45) is 0. The Kier molecular flexibility index (Phi) is 8.81. The van der Waals surface area contributed by atoms with E-state index < -0.39 is 5.97 Å². The molecule has 0 fully saturated rings. The monoisotopic (exact) mass is 454 g/mol. The Labute approximate surface area is 204 Å². The average Bonchev–Trinajstić information content (AvgIpc) is 2.78. The van der Waals surface area contributed by atoms with Gasteiger partial charge in [0.2, 0.25) is 23.5 Å². The van der Waals surface area contributed by atoms with Crippen molar-refractivity contribution in [3.8, 4) is 47.0 Å². The van der Waals surface area contributed by atoms with Crippen LogP contribution in [0.1, 0.15) is 10.4 Å². The summed E-state index contributed by atoms with van der Waals surface area (Å²) in [7, 11) is 5.63. The molecule has 13 heteroatoms. The molecule has 0 spiro atoms. The molecule has 0 atom stereocenters. The van der Waals surface area contributed by atoms with Crippen molar-refractivity contribution < 1.29 is 38.3 Å². The molecule has 164 valence electrons. The third-order valence-corrected chi connectivity index (χ3v) is 3.76. The van der Waals surface area contributed by atoms with Crippen LogP contribution in [0.15, 0.2) is 30.3 Å². The van der Waals surface area contributed by atoms with Gasteiger partial charge in [0.1, 0.15) is 17.1 Å². The molecule has 0 unspecified atom stereocenters. The average molecular weight is 454 g/mol. The van der Waals surface area contributed by atoms with E-state index in [4.69, 9.17) is 28.4 Å². The Morgan fingerprint density at radius 3 is 1.34 bits per heavy atom. The number of benzene rings is 1. The van der Waals surface area contributed by atoms with Crippen LogP contribution in [-0.4, -0.2) is 89.0 Å². The van der Waals surface area contributed by atoms with Crippen molar-refractivity contribution in [2.75, 3.05) is 28.4 Å². The normalized spacial score (nSPS) is 9.88. The quantitative estimate of drug-likeness (QED) is 0.472. The van der Waals surface area contributed by atoms with E-state index in [9.17, 15) is 9.90 Å². The number of carboxylic acid groups (broad SMARTS) is 1. The van der Waals surface area contributed by atoms with Gasteiger partial charge in [0, 0.05) is 0 Å². The van der Waals surface area contributed by atoms with Crippen molar-refractivity contribution in [3.05, 3.63) is 35.9 Å². The summed E-state index contributed by atoms with van der Waals surface area (Å²) in [5.41, 5.74) is -0.307. The Morgan fingerprint density at radius 1 is 0.719 bits per heavy atom. The number of ether oxygens (including phenoxy) is 6. The van der Waals surface area contributed by atoms with Gasteiger partial charge in [0.15, 0.2) is 0 Å². The van der Waals surface area contributed by atoms with Gasteiger partial charge in [0.05, 0.1) is 40.6 Å². The van der Waals surface area contributed by atoms with Crippen LogP contribution in [-0.2, 0) is 0 Å². The molecule has 1 aromatic carbocycles. The Balaban J connectivity index is 0.00000363. The van der Waals surface area contributed by atoms with E-state index in [1.807, 2.05) is 0 Å². The molecule has 0 radical (unpaired) electrons. The van der Waals surface area contributed by atoms with Gasteiger partial charge < -0.3 is 33.5 Å². The van der Waals surface area contributed by atoms with Crippen molar-refractivity contribution in [2.45, 2.75) is 0 Å². The van der Waals surface area contributed by atoms with Gasteiger partial charge in [0.25, 0.3) is 0 Å². The van der Waals surface area contributed by atoms with Gasteiger partial charge in [-0.3, -0.25) is 0 Å². The second-order valence-electron chi connectivity index (χ2n) is 5.61. The van der Waals surface area contributed by atoms with Crippen molar-refractivity contribution in [1.82, 2.24) is 19.9 Å². The van der Waals surface area contributed by atoms with E-state index in [2.05, 4.69) is 19.9 Å². The molecule has 1 N–H and O–H groups in total. The first-order valence-electron chi connectivity index (χ1n) is 8.63. The van der Waals surface area contributed by atoms with E-state index in [1.165, 1.54) is 58.8 Å². The maximum absolute atomic E-state index is 12.0. The van der Waals surface area contributed by atoms with Gasteiger partial charge >= 0.3 is 47.5 Å². The van der Waals surface area contributed by atoms with Crippen molar-refractivity contribution in [1.29, 1.82) is 0 Å². The summed E-state index contributed by atoms with van der Waals surface area (Å²) in [6.45, 7) is 0. The van der Waals surface area contributed by atoms with Crippen LogP contribution in [0.2, 0.25) is 0 Å². The van der Waals surface area contributed by atoms with E-state index in [1.54, 1.807) is 0 Å². The maximum atomic E-state index is 12.0. The molecule has 0 amide bonds. The third-order valence-electron chi connectivity index (χ3n) is 3.76. The van der Waals surface area contributed by atoms with Gasteiger partial charge in [-0.25, -0.2) is 4.79 Å². The predicted molar refractivity (Wildman–Crippen MR) is 111 cm³/mol. The molecule has 0 saturated carbocycles. The van der Waals surface area contributed by atoms with Crippen LogP contribution in [0.4, 0.5) is 0 Å². The van der Waals surface area contributed by atoms with Gasteiger partial charge in [-0.1, -0.05) is 6.07 Å². The zero-order valence-electron chi connectivity index (χ0n) is 17.0. The number of nitrogens with zero attached hydrogens (tertiary/aromatic N) is 4. The molecule has 3 aromatic rings. The fraction of sp³-hybridized carbons (Fsp3) is 0.211. The van der Waals surface area contributed by atoms with Crippen LogP contribution in [0.3, 0.4) is 0 Å². The van der Waals surface area contributed by atoms with E-state index in [0.717, 1.165) is 0 Å². The number of carboxylic acids is 1. The van der Waals surface area contributed by atoms with Crippen molar-refractivity contribution in [2.24, 2.45) is 0 Å². The molecule has 0 bridgehead atoms. The first kappa shape index (κ1) is 24.9. The van der Waals surface area contributed by atoms with E-state index in [-0.39, 0.29) is 82.2 Å². The summed E-state index contributed by atoms with van der Waals surface area (Å²) in [5, 5.41) is 9.77. The van der Waals surface area contributed by atoms with Crippen LogP contribution in [0.5, 0.6) is 47.0 Å². The number of hydrogen-bond donors (Lipinski definition) is 1. The summed E-state index contributed by atoms with van der Waals surface area (Å²) in [6, 6.07) is 6.87. The second-order valence-corrected chi connectivity index (χ2v) is 5.61. The molecule has 0 saturated heterocycles. The van der Waals surface area contributed by atoms with Gasteiger partial charge in [-0.05, 0) is 12.1 Å². The summed E-state index contributed by atoms with van der Waals surface area (Å²) >= 11 is 0. The zero-order valence-corrected chi connectivity index (χ0v) is 17.0. The van der Waals surface area contributed by atoms with Crippen LogP contribution in [0, 0.1) is 0 Å². The predicted octanol–water partition coefficient (Wildman–Crippen LogP) is 1.94. The zero-order chi connectivity index (χ0) is 22.4. The van der Waals surface area contributed by atoms with Gasteiger partial charge in [-0.15, -0.1) is 0 Å². The topological polar surface area (TPSA) is 144 Å². The molecule has 0 aliphatic rings. The number of carbonyl (C=O) groups is 1. The fourth-order valence-electron chi connectivity index (χ4n) is 2.37. The molecular weight excluding hydrogens is 435 g/mol. The Morgan fingerprint density at radius 2 is 1.06 bits per heavy atom. The summed E-state index contributed by atoms with van der Waals surface area (Å²) in [5.74, 6) is -0.822. The fourth-order valence-corrected chi connectivity index (χ4v) is 2.37. The number of hydrogen-bond acceptors (Lipinski definition) is 11. The molecule has 2 heterocycles. The standard InChI is InChI=1S/C19H18N4O8.Na.H/c1-26-12-8-13(27-2)21-18(20-12)30-10-6-5-7-11(16(10)17(24)25)31-19-22-14(28-3)9-15(23-19)29-4;;/h5-9H,1-4H3,(H,24,25);;. The number of aromatic nitrogens is 4. The van der Waals surface area contributed by atoms with E-state index >= 15 is 0 Å². The SMILES string of the molecule is COc1cc(OC)nc(Oc2cccc(Oc3nc(OC)cc(OC)n3)c2C(=O)O)n1.[NaH]. The summed E-state index contributed by atoms with van der Waals surface area (Å²) in [4.78, 5) is 28.1. The van der Waals surface area contributed by atoms with Crippen molar-refractivity contribution in [3.63, 3.8) is 0 Å². The number of rotatable bonds is 9. The number of aromatic carboxylic acids is 1. The van der Waals surface area contributed by atoms with Crippen molar-refractivity contribution >= 4 is 35.5 Å². The number of methoxy groups -OCH3 is 4. The first-order chi connectivity index (χ1) is 15.0. The third kappa shape index (κ3) is 5.87. The van der Waals surface area contributed by atoms with E-state index in [0.29, 0.717) is 0 Å². The van der Waals surface area contributed by atoms with Crippen LogP contribution < -0.4 is 28.4 Å². The Bertz CT molecular complexity index is 979. The Hall–Kier alpha value is -3.35. The molecule has 3 rings (SSSR count). The van der Waals surface area contributed by atoms with Gasteiger partial charge in [-0.2, -0.15) is 19.9 Å². The molecular formula is C19H19N4NaO8.